The van der Waals surface area contributed by atoms with Gasteiger partial charge in [-0.15, -0.1) is 0 Å². The fourth-order valence-corrected chi connectivity index (χ4v) is 1.58. The molecule has 84 valence electrons. The third kappa shape index (κ3) is 2.45. The number of methoxy groups -OCH3 is 1. The van der Waals surface area contributed by atoms with Crippen LogP contribution in [0.2, 0.25) is 5.02 Å². The number of ether oxygens (including phenoxy) is 1. The van der Waals surface area contributed by atoms with Crippen LogP contribution < -0.4 is 4.74 Å². The molecule has 0 N–H and O–H groups in total. The van der Waals surface area contributed by atoms with Gasteiger partial charge < -0.3 is 4.74 Å². The maximum absolute atomic E-state index is 8.60. The standard InChI is InChI=1S/C11H11ClN2O2/c1-15-11-3-2-9(12)4-8(11)7-16-14-6-10(14)5-13/h2-4,10H,6-7H2,1H3. The third-order valence-corrected chi connectivity index (χ3v) is 2.58. The van der Waals surface area contributed by atoms with Crippen LogP contribution in [-0.4, -0.2) is 24.8 Å². The number of hydroxylamine groups is 2. The highest BCUT2D eigenvalue weighted by Crippen LogP contribution is 2.25. The maximum Gasteiger partial charge on any atom is 0.137 e. The van der Waals surface area contributed by atoms with E-state index in [1.54, 1.807) is 30.4 Å². The van der Waals surface area contributed by atoms with Gasteiger partial charge in [0.2, 0.25) is 0 Å². The van der Waals surface area contributed by atoms with Gasteiger partial charge in [0.15, 0.2) is 0 Å². The largest absolute Gasteiger partial charge is 0.496 e. The molecule has 2 atom stereocenters. The summed E-state index contributed by atoms with van der Waals surface area (Å²) in [6, 6.07) is 7.36. The summed E-state index contributed by atoms with van der Waals surface area (Å²) in [5.41, 5.74) is 0.874. The lowest BCUT2D eigenvalue weighted by Crippen LogP contribution is -2.03. The lowest BCUT2D eigenvalue weighted by atomic mass is 10.2. The van der Waals surface area contributed by atoms with E-state index < -0.39 is 0 Å². The number of rotatable bonds is 4. The number of hydrogen-bond donors (Lipinski definition) is 0. The summed E-state index contributed by atoms with van der Waals surface area (Å²) in [7, 11) is 1.60. The first-order valence-corrected chi connectivity index (χ1v) is 5.24. The fraction of sp³-hybridized carbons (Fsp3) is 0.364. The Balaban J connectivity index is 1.98. The minimum absolute atomic E-state index is 0.106. The van der Waals surface area contributed by atoms with Crippen molar-refractivity contribution in [2.45, 2.75) is 12.6 Å². The second-order valence-corrected chi connectivity index (χ2v) is 3.91. The van der Waals surface area contributed by atoms with Gasteiger partial charge in [0, 0.05) is 10.6 Å². The molecule has 0 spiro atoms. The van der Waals surface area contributed by atoms with Crippen LogP contribution in [0.3, 0.4) is 0 Å². The van der Waals surface area contributed by atoms with Crippen LogP contribution in [0, 0.1) is 11.3 Å². The van der Waals surface area contributed by atoms with Crippen LogP contribution in [0.4, 0.5) is 0 Å². The molecule has 0 radical (unpaired) electrons. The van der Waals surface area contributed by atoms with E-state index in [-0.39, 0.29) is 6.04 Å². The van der Waals surface area contributed by atoms with Crippen molar-refractivity contribution in [1.29, 1.82) is 5.26 Å². The number of nitrogens with zero attached hydrogens (tertiary/aromatic N) is 2. The highest BCUT2D eigenvalue weighted by atomic mass is 35.5. The minimum atomic E-state index is -0.106. The van der Waals surface area contributed by atoms with Crippen molar-refractivity contribution in [1.82, 2.24) is 5.06 Å². The predicted octanol–water partition coefficient (Wildman–Crippen LogP) is 1.99. The summed E-state index contributed by atoms with van der Waals surface area (Å²) in [6.07, 6.45) is 0. The molecule has 1 aliphatic heterocycles. The summed E-state index contributed by atoms with van der Waals surface area (Å²) in [6.45, 7) is 1.03. The van der Waals surface area contributed by atoms with E-state index in [9.17, 15) is 0 Å². The second-order valence-electron chi connectivity index (χ2n) is 3.47. The third-order valence-electron chi connectivity index (χ3n) is 2.34. The zero-order valence-corrected chi connectivity index (χ0v) is 9.57. The van der Waals surface area contributed by atoms with Gasteiger partial charge in [0.1, 0.15) is 11.8 Å². The molecule has 1 fully saturated rings. The van der Waals surface area contributed by atoms with Crippen molar-refractivity contribution in [2.24, 2.45) is 0 Å². The SMILES string of the molecule is COc1ccc(Cl)cc1CON1CC1C#N. The van der Waals surface area contributed by atoms with Crippen molar-refractivity contribution < 1.29 is 9.57 Å². The Morgan fingerprint density at radius 3 is 3.06 bits per heavy atom. The first-order valence-electron chi connectivity index (χ1n) is 4.86. The average Bonchev–Trinajstić information content (AvgIpc) is 3.05. The molecule has 1 aromatic rings. The Kier molecular flexibility index (Phi) is 3.30. The number of halogens is 1. The molecule has 4 nitrogen and oxygen atoms in total. The molecule has 5 heteroatoms. The number of nitriles is 1. The lowest BCUT2D eigenvalue weighted by molar-refractivity contribution is -0.0831. The predicted molar refractivity (Wildman–Crippen MR) is 58.9 cm³/mol. The van der Waals surface area contributed by atoms with E-state index in [2.05, 4.69) is 6.07 Å². The van der Waals surface area contributed by atoms with Crippen molar-refractivity contribution in [3.8, 4) is 11.8 Å². The number of benzene rings is 1. The van der Waals surface area contributed by atoms with Gasteiger partial charge in [-0.25, -0.2) is 0 Å². The van der Waals surface area contributed by atoms with Crippen LogP contribution in [-0.2, 0) is 11.4 Å². The maximum atomic E-state index is 8.60. The Labute approximate surface area is 98.9 Å². The van der Waals surface area contributed by atoms with Crippen LogP contribution in [0.1, 0.15) is 5.56 Å². The second kappa shape index (κ2) is 4.71. The Morgan fingerprint density at radius 1 is 1.62 bits per heavy atom. The molecule has 2 rings (SSSR count). The van der Waals surface area contributed by atoms with E-state index >= 15 is 0 Å². The summed E-state index contributed by atoms with van der Waals surface area (Å²) in [5.74, 6) is 0.736. The minimum Gasteiger partial charge on any atom is -0.496 e. The average molecular weight is 239 g/mol. The Morgan fingerprint density at radius 2 is 2.44 bits per heavy atom. The summed E-state index contributed by atoms with van der Waals surface area (Å²) in [5, 5.41) is 10.9. The van der Waals surface area contributed by atoms with Gasteiger partial charge in [0.25, 0.3) is 0 Å². The molecule has 0 aliphatic carbocycles. The van der Waals surface area contributed by atoms with Crippen molar-refractivity contribution in [3.05, 3.63) is 28.8 Å². The van der Waals surface area contributed by atoms with E-state index in [4.69, 9.17) is 26.4 Å². The highest BCUT2D eigenvalue weighted by molar-refractivity contribution is 6.30. The molecule has 0 saturated carbocycles. The molecular formula is C11H11ClN2O2. The quantitative estimate of drug-likeness (QED) is 0.753. The topological polar surface area (TPSA) is 45.3 Å². The van der Waals surface area contributed by atoms with E-state index in [0.717, 1.165) is 11.3 Å². The molecular weight excluding hydrogens is 228 g/mol. The molecule has 1 aliphatic rings. The van der Waals surface area contributed by atoms with E-state index in [1.807, 2.05) is 0 Å². The zero-order chi connectivity index (χ0) is 11.5. The van der Waals surface area contributed by atoms with Gasteiger partial charge in [-0.2, -0.15) is 10.3 Å². The van der Waals surface area contributed by atoms with Gasteiger partial charge >= 0.3 is 0 Å². The van der Waals surface area contributed by atoms with Crippen molar-refractivity contribution in [2.75, 3.05) is 13.7 Å². The normalized spacial score (nSPS) is 22.6. The van der Waals surface area contributed by atoms with E-state index in [0.29, 0.717) is 18.2 Å². The van der Waals surface area contributed by atoms with E-state index in [1.165, 1.54) is 0 Å². The molecule has 2 unspecified atom stereocenters. The van der Waals surface area contributed by atoms with Crippen LogP contribution in [0.15, 0.2) is 18.2 Å². The smallest absolute Gasteiger partial charge is 0.137 e. The molecule has 1 saturated heterocycles. The monoisotopic (exact) mass is 238 g/mol. The van der Waals surface area contributed by atoms with Crippen LogP contribution in [0.5, 0.6) is 5.75 Å². The van der Waals surface area contributed by atoms with Crippen LogP contribution >= 0.6 is 11.6 Å². The zero-order valence-electron chi connectivity index (χ0n) is 8.81. The Bertz CT molecular complexity index is 430. The van der Waals surface area contributed by atoms with Gasteiger partial charge in [-0.1, -0.05) is 11.6 Å². The fourth-order valence-electron chi connectivity index (χ4n) is 1.38. The van der Waals surface area contributed by atoms with Crippen molar-refractivity contribution in [3.63, 3.8) is 0 Å². The highest BCUT2D eigenvalue weighted by Gasteiger charge is 2.35. The van der Waals surface area contributed by atoms with Gasteiger partial charge in [-0.05, 0) is 18.2 Å². The first kappa shape index (κ1) is 11.2. The lowest BCUT2D eigenvalue weighted by Gasteiger charge is -2.09. The van der Waals surface area contributed by atoms with Crippen LogP contribution in [0.25, 0.3) is 0 Å². The molecule has 0 amide bonds. The molecule has 1 aromatic carbocycles. The molecule has 1 heterocycles. The first-order chi connectivity index (χ1) is 7.74. The van der Waals surface area contributed by atoms with Crippen molar-refractivity contribution >= 4 is 11.6 Å². The number of hydrogen-bond acceptors (Lipinski definition) is 4. The molecule has 16 heavy (non-hydrogen) atoms. The molecule has 0 aromatic heterocycles. The summed E-state index contributed by atoms with van der Waals surface area (Å²) < 4.78 is 5.18. The van der Waals surface area contributed by atoms with Gasteiger partial charge in [0.05, 0.1) is 26.3 Å². The Hall–Kier alpha value is -1.28. The van der Waals surface area contributed by atoms with Gasteiger partial charge in [-0.3, -0.25) is 4.84 Å². The summed E-state index contributed by atoms with van der Waals surface area (Å²) in [4.78, 5) is 5.41. The summed E-state index contributed by atoms with van der Waals surface area (Å²) >= 11 is 5.88. The molecule has 0 bridgehead atoms.